The van der Waals surface area contributed by atoms with Crippen LogP contribution in [0.2, 0.25) is 0 Å². The van der Waals surface area contributed by atoms with Gasteiger partial charge in [0.05, 0.1) is 41.6 Å². The monoisotopic (exact) mass is 540 g/mol. The van der Waals surface area contributed by atoms with E-state index in [4.69, 9.17) is 4.74 Å². The van der Waals surface area contributed by atoms with Gasteiger partial charge >= 0.3 is 0 Å². The molecule has 2 aromatic heterocycles. The van der Waals surface area contributed by atoms with Crippen LogP contribution in [0.25, 0.3) is 22.2 Å². The van der Waals surface area contributed by atoms with Crippen LogP contribution in [0.4, 0.5) is 5.82 Å². The third-order valence-corrected chi connectivity index (χ3v) is 7.62. The Balaban J connectivity index is 1.45. The van der Waals surface area contributed by atoms with Crippen LogP contribution in [0.3, 0.4) is 0 Å². The zero-order valence-electron chi connectivity index (χ0n) is 23.5. The molecule has 0 saturated carbocycles. The number of likely N-dealkylation sites (tertiary alicyclic amines) is 1. The lowest BCUT2D eigenvalue weighted by atomic mass is 10.0. The lowest BCUT2D eigenvalue weighted by molar-refractivity contribution is -0.115. The van der Waals surface area contributed by atoms with Crippen molar-refractivity contribution in [1.82, 2.24) is 34.9 Å². The maximum atomic E-state index is 12.5. The Hall–Kier alpha value is -4.44. The summed E-state index contributed by atoms with van der Waals surface area (Å²) in [4.78, 5) is 26.1. The number of amides is 1. The molecule has 1 amide bonds. The van der Waals surface area contributed by atoms with Crippen molar-refractivity contribution < 1.29 is 9.53 Å². The van der Waals surface area contributed by atoms with Crippen LogP contribution in [0.5, 0.6) is 0 Å². The molecule has 1 fully saturated rings. The van der Waals surface area contributed by atoms with Crippen LogP contribution >= 0.6 is 0 Å². The fourth-order valence-electron chi connectivity index (χ4n) is 5.25. The average molecular weight is 541 g/mol. The summed E-state index contributed by atoms with van der Waals surface area (Å²) in [7, 11) is 7.82. The van der Waals surface area contributed by atoms with E-state index in [1.807, 2.05) is 42.2 Å². The standard InChI is InChI=1S/C30H36N8O2/c1-6-30(39)35-24-16-25(28(40-5)10-9-27(24)37(3)22-11-13-36(2)14-12-22)34-29-17-23(31-19-32-29)20-7-8-26-21(15-20)18-33-38(26)4/h6-9,15-19,22H,1,10-14H2,2-5H3,(H,35,39)(H,31,32,34). The summed E-state index contributed by atoms with van der Waals surface area (Å²) in [5.74, 6) is 1.07. The summed E-state index contributed by atoms with van der Waals surface area (Å²) in [6, 6.07) is 8.40. The summed E-state index contributed by atoms with van der Waals surface area (Å²) in [5.41, 5.74) is 5.13. The number of anilines is 1. The molecule has 10 nitrogen and oxygen atoms in total. The first-order valence-corrected chi connectivity index (χ1v) is 13.4. The Bertz CT molecular complexity index is 1510. The number of ether oxygens (including phenoxy) is 1. The van der Waals surface area contributed by atoms with Crippen molar-refractivity contribution in [2.45, 2.75) is 25.3 Å². The van der Waals surface area contributed by atoms with Crippen molar-refractivity contribution in [3.8, 4) is 11.3 Å². The molecule has 1 aromatic carbocycles. The average Bonchev–Trinajstić information content (AvgIpc) is 3.25. The predicted octanol–water partition coefficient (Wildman–Crippen LogP) is 3.80. The molecule has 10 heteroatoms. The predicted molar refractivity (Wildman–Crippen MR) is 157 cm³/mol. The molecule has 3 heterocycles. The Morgan fingerprint density at radius 3 is 2.75 bits per heavy atom. The fourth-order valence-corrected chi connectivity index (χ4v) is 5.25. The van der Waals surface area contributed by atoms with Crippen LogP contribution in [-0.4, -0.2) is 75.8 Å². The topological polar surface area (TPSA) is 100 Å². The maximum absolute atomic E-state index is 12.5. The van der Waals surface area contributed by atoms with Crippen LogP contribution in [0.1, 0.15) is 19.3 Å². The normalized spacial score (nSPS) is 16.7. The van der Waals surface area contributed by atoms with E-state index in [2.05, 4.69) is 68.3 Å². The minimum absolute atomic E-state index is 0.274. The number of likely N-dealkylation sites (N-methyl/N-ethyl adjacent to an activating group) is 1. The molecule has 1 aliphatic carbocycles. The second-order valence-electron chi connectivity index (χ2n) is 10.2. The summed E-state index contributed by atoms with van der Waals surface area (Å²) < 4.78 is 7.65. The number of nitrogens with zero attached hydrogens (tertiary/aromatic N) is 6. The molecule has 2 N–H and O–H groups in total. The van der Waals surface area contributed by atoms with Gasteiger partial charge in [-0.2, -0.15) is 5.10 Å². The minimum Gasteiger partial charge on any atom is -0.499 e. The number of methoxy groups -OCH3 is 1. The van der Waals surface area contributed by atoms with E-state index in [9.17, 15) is 4.79 Å². The zero-order chi connectivity index (χ0) is 28.2. The van der Waals surface area contributed by atoms with E-state index in [0.717, 1.165) is 59.5 Å². The molecular weight excluding hydrogens is 504 g/mol. The van der Waals surface area contributed by atoms with Gasteiger partial charge in [-0.3, -0.25) is 9.48 Å². The number of carbonyl (C=O) groups is 1. The van der Waals surface area contributed by atoms with E-state index in [-0.39, 0.29) is 5.91 Å². The first-order chi connectivity index (χ1) is 19.4. The number of allylic oxidation sites excluding steroid dienone is 2. The minimum atomic E-state index is -0.274. The number of hydrogen-bond donors (Lipinski definition) is 2. The van der Waals surface area contributed by atoms with Gasteiger partial charge in [0.25, 0.3) is 0 Å². The number of piperidine rings is 1. The van der Waals surface area contributed by atoms with E-state index >= 15 is 0 Å². The van der Waals surface area contributed by atoms with Gasteiger partial charge in [0.15, 0.2) is 0 Å². The smallest absolute Gasteiger partial charge is 0.247 e. The molecule has 40 heavy (non-hydrogen) atoms. The Kier molecular flexibility index (Phi) is 7.97. The highest BCUT2D eigenvalue weighted by Crippen LogP contribution is 2.29. The SMILES string of the molecule is C=CC(=O)NC1=CC(Nc2cc(-c3ccc4c(cnn4C)c3)ncn2)=C(OC)CC=C1N(C)C1CCN(C)CC1. The van der Waals surface area contributed by atoms with E-state index in [1.165, 1.54) is 12.4 Å². The van der Waals surface area contributed by atoms with Gasteiger partial charge in [-0.25, -0.2) is 9.97 Å². The highest BCUT2D eigenvalue weighted by molar-refractivity contribution is 5.89. The van der Waals surface area contributed by atoms with Gasteiger partial charge in [0.1, 0.15) is 17.9 Å². The highest BCUT2D eigenvalue weighted by atomic mass is 16.5. The van der Waals surface area contributed by atoms with Crippen molar-refractivity contribution in [2.75, 3.05) is 39.6 Å². The maximum Gasteiger partial charge on any atom is 0.247 e. The van der Waals surface area contributed by atoms with Gasteiger partial charge in [-0.05, 0) is 57.3 Å². The van der Waals surface area contributed by atoms with Crippen LogP contribution in [0, 0.1) is 0 Å². The summed E-state index contributed by atoms with van der Waals surface area (Å²) in [6.45, 7) is 5.72. The molecule has 0 radical (unpaired) electrons. The quantitative estimate of drug-likeness (QED) is 0.416. The van der Waals surface area contributed by atoms with Crippen LogP contribution < -0.4 is 10.6 Å². The van der Waals surface area contributed by atoms with Crippen molar-refractivity contribution in [2.24, 2.45) is 7.05 Å². The Morgan fingerprint density at radius 2 is 2.00 bits per heavy atom. The fraction of sp³-hybridized carbons (Fsp3) is 0.333. The second-order valence-corrected chi connectivity index (χ2v) is 10.2. The third-order valence-electron chi connectivity index (χ3n) is 7.62. The molecule has 208 valence electrons. The summed E-state index contributed by atoms with van der Waals surface area (Å²) in [6.07, 6.45) is 11.3. The largest absolute Gasteiger partial charge is 0.499 e. The first-order valence-electron chi connectivity index (χ1n) is 13.4. The van der Waals surface area contributed by atoms with Crippen LogP contribution in [-0.2, 0) is 16.6 Å². The van der Waals surface area contributed by atoms with Crippen molar-refractivity contribution in [3.63, 3.8) is 0 Å². The molecule has 3 aromatic rings. The molecule has 1 aliphatic heterocycles. The molecule has 0 atom stereocenters. The molecule has 5 rings (SSSR count). The number of carbonyl (C=O) groups excluding carboxylic acids is 1. The lowest BCUT2D eigenvalue weighted by Gasteiger charge is -2.38. The van der Waals surface area contributed by atoms with Gasteiger partial charge in [-0.15, -0.1) is 0 Å². The first kappa shape index (κ1) is 27.1. The van der Waals surface area contributed by atoms with Gasteiger partial charge in [-0.1, -0.05) is 18.7 Å². The Labute approximate surface area is 234 Å². The summed E-state index contributed by atoms with van der Waals surface area (Å²) >= 11 is 0. The number of nitrogens with one attached hydrogen (secondary N) is 2. The van der Waals surface area contributed by atoms with Crippen molar-refractivity contribution in [3.05, 3.63) is 84.4 Å². The number of rotatable bonds is 8. The van der Waals surface area contributed by atoms with Gasteiger partial charge in [0, 0.05) is 43.6 Å². The number of fused-ring (bicyclic) bond motifs is 1. The van der Waals surface area contributed by atoms with E-state index in [1.54, 1.807) is 7.11 Å². The van der Waals surface area contributed by atoms with Gasteiger partial charge in [0.2, 0.25) is 5.91 Å². The lowest BCUT2D eigenvalue weighted by Crippen LogP contribution is -2.42. The number of aryl methyl sites for hydroxylation is 1. The van der Waals surface area contributed by atoms with Crippen molar-refractivity contribution >= 4 is 22.6 Å². The van der Waals surface area contributed by atoms with Crippen LogP contribution in [0.15, 0.2) is 84.4 Å². The van der Waals surface area contributed by atoms with E-state index < -0.39 is 0 Å². The zero-order valence-corrected chi connectivity index (χ0v) is 23.5. The molecule has 2 aliphatic rings. The number of aromatic nitrogens is 4. The highest BCUT2D eigenvalue weighted by Gasteiger charge is 2.26. The number of hydrogen-bond acceptors (Lipinski definition) is 8. The molecule has 1 saturated heterocycles. The molecule has 0 spiro atoms. The Morgan fingerprint density at radius 1 is 1.20 bits per heavy atom. The molecule has 0 bridgehead atoms. The summed E-state index contributed by atoms with van der Waals surface area (Å²) in [5, 5.41) is 11.8. The van der Waals surface area contributed by atoms with Gasteiger partial charge < -0.3 is 25.2 Å². The molecule has 0 unspecified atom stereocenters. The second kappa shape index (κ2) is 11.7. The molecular formula is C30H36N8O2. The third kappa shape index (κ3) is 5.76. The van der Waals surface area contributed by atoms with E-state index in [0.29, 0.717) is 29.7 Å². The number of benzene rings is 1. The van der Waals surface area contributed by atoms with Crippen molar-refractivity contribution in [1.29, 1.82) is 0 Å².